The highest BCUT2D eigenvalue weighted by Crippen LogP contribution is 2.66. The van der Waals surface area contributed by atoms with E-state index >= 15 is 0 Å². The molecule has 3 fully saturated rings. The van der Waals surface area contributed by atoms with Crippen molar-refractivity contribution in [1.82, 2.24) is 0 Å². The Morgan fingerprint density at radius 2 is 1.19 bits per heavy atom. The summed E-state index contributed by atoms with van der Waals surface area (Å²) >= 11 is 0. The number of carbonyl (C=O) groups is 1. The first-order valence-corrected chi connectivity index (χ1v) is 6.75. The van der Waals surface area contributed by atoms with Crippen LogP contribution in [0.25, 0.3) is 0 Å². The van der Waals surface area contributed by atoms with Crippen LogP contribution in [-0.2, 0) is 4.79 Å². The lowest BCUT2D eigenvalue weighted by atomic mass is 9.75. The minimum atomic E-state index is 0.426. The molecule has 0 aromatic carbocycles. The molecule has 0 radical (unpaired) electrons. The number of hydrogen-bond acceptors (Lipinski definition) is 1. The van der Waals surface area contributed by atoms with E-state index < -0.39 is 0 Å². The van der Waals surface area contributed by atoms with Crippen molar-refractivity contribution < 1.29 is 4.79 Å². The fraction of sp³-hybridized carbons (Fsp3) is 0.667. The van der Waals surface area contributed by atoms with Gasteiger partial charge in [-0.1, -0.05) is 24.3 Å². The second kappa shape index (κ2) is 2.37. The molecule has 16 heavy (non-hydrogen) atoms. The molecule has 8 atom stereocenters. The van der Waals surface area contributed by atoms with E-state index in [2.05, 4.69) is 24.3 Å². The van der Waals surface area contributed by atoms with Crippen LogP contribution in [0, 0.1) is 47.3 Å². The molecule has 0 aromatic rings. The van der Waals surface area contributed by atoms with E-state index in [1.54, 1.807) is 0 Å². The highest BCUT2D eigenvalue weighted by molar-refractivity contribution is 5.89. The third-order valence-electron chi connectivity index (χ3n) is 6.14. The number of fused-ring (bicyclic) bond motifs is 11. The van der Waals surface area contributed by atoms with Gasteiger partial charge < -0.3 is 0 Å². The Labute approximate surface area is 95.6 Å². The fourth-order valence-electron chi connectivity index (χ4n) is 5.79. The van der Waals surface area contributed by atoms with Gasteiger partial charge in [0.1, 0.15) is 5.78 Å². The standard InChI is InChI=1S/C15H16O/c16-15-13-9-3-1-7(5-9)11(13)12-8-2-4-10(6-8)14(12)15/h1-4,7-14H,5-6H2. The van der Waals surface area contributed by atoms with Crippen molar-refractivity contribution in [2.24, 2.45) is 47.3 Å². The van der Waals surface area contributed by atoms with E-state index in [9.17, 15) is 4.79 Å². The molecule has 0 saturated heterocycles. The predicted octanol–water partition coefficient (Wildman–Crippen LogP) is 2.45. The zero-order valence-electron chi connectivity index (χ0n) is 9.25. The van der Waals surface area contributed by atoms with E-state index in [0.29, 0.717) is 29.5 Å². The Morgan fingerprint density at radius 1 is 0.750 bits per heavy atom. The lowest BCUT2D eigenvalue weighted by molar-refractivity contribution is -0.125. The van der Waals surface area contributed by atoms with Gasteiger partial charge in [0.05, 0.1) is 0 Å². The summed E-state index contributed by atoms with van der Waals surface area (Å²) in [5, 5.41) is 0. The third-order valence-corrected chi connectivity index (χ3v) is 6.14. The summed E-state index contributed by atoms with van der Waals surface area (Å²) in [7, 11) is 0. The van der Waals surface area contributed by atoms with Crippen LogP contribution in [0.5, 0.6) is 0 Å². The number of hydrogen-bond donors (Lipinski definition) is 0. The van der Waals surface area contributed by atoms with Gasteiger partial charge in [-0.3, -0.25) is 4.79 Å². The van der Waals surface area contributed by atoms with Gasteiger partial charge >= 0.3 is 0 Å². The van der Waals surface area contributed by atoms with E-state index in [-0.39, 0.29) is 0 Å². The molecule has 0 aliphatic heterocycles. The number of allylic oxidation sites excluding steroid dienone is 4. The first-order valence-electron chi connectivity index (χ1n) is 6.75. The smallest absolute Gasteiger partial charge is 0.140 e. The summed E-state index contributed by atoms with van der Waals surface area (Å²) < 4.78 is 0. The Balaban J connectivity index is 1.67. The summed E-state index contributed by atoms with van der Waals surface area (Å²) in [6, 6.07) is 0. The van der Waals surface area contributed by atoms with Crippen LogP contribution in [0.4, 0.5) is 0 Å². The van der Waals surface area contributed by atoms with E-state index in [1.807, 2.05) is 0 Å². The van der Waals surface area contributed by atoms with E-state index in [1.165, 1.54) is 12.8 Å². The van der Waals surface area contributed by atoms with Crippen LogP contribution in [-0.4, -0.2) is 5.78 Å². The van der Waals surface area contributed by atoms with Crippen LogP contribution in [0.1, 0.15) is 12.8 Å². The molecule has 82 valence electrons. The van der Waals surface area contributed by atoms with Gasteiger partial charge in [-0.25, -0.2) is 0 Å². The van der Waals surface area contributed by atoms with Gasteiger partial charge in [0.2, 0.25) is 0 Å². The van der Waals surface area contributed by atoms with Gasteiger partial charge in [0.15, 0.2) is 0 Å². The third kappa shape index (κ3) is 0.687. The maximum absolute atomic E-state index is 12.6. The molecule has 0 N–H and O–H groups in total. The minimum absolute atomic E-state index is 0.426. The Morgan fingerprint density at radius 3 is 1.69 bits per heavy atom. The highest BCUT2D eigenvalue weighted by Gasteiger charge is 2.65. The summed E-state index contributed by atoms with van der Waals surface area (Å²) in [6.45, 7) is 0. The van der Waals surface area contributed by atoms with Crippen LogP contribution in [0.2, 0.25) is 0 Å². The summed E-state index contributed by atoms with van der Waals surface area (Å²) in [4.78, 5) is 12.6. The molecule has 1 nitrogen and oxygen atoms in total. The molecule has 0 spiro atoms. The van der Waals surface area contributed by atoms with Crippen LogP contribution < -0.4 is 0 Å². The van der Waals surface area contributed by atoms with Crippen LogP contribution >= 0.6 is 0 Å². The van der Waals surface area contributed by atoms with E-state index in [0.717, 1.165) is 23.7 Å². The molecule has 0 heterocycles. The first kappa shape index (κ1) is 8.27. The average molecular weight is 212 g/mol. The monoisotopic (exact) mass is 212 g/mol. The van der Waals surface area contributed by atoms with Gasteiger partial charge in [0.25, 0.3) is 0 Å². The SMILES string of the molecule is O=C1C2C3C=CC(C3)C2C2C3C=CC(C3)C12. The normalized spacial score (nSPS) is 63.4. The fourth-order valence-corrected chi connectivity index (χ4v) is 5.79. The number of carbonyl (C=O) groups excluding carboxylic acids is 1. The van der Waals surface area contributed by atoms with Crippen molar-refractivity contribution in [3.8, 4) is 0 Å². The average Bonchev–Trinajstić information content (AvgIpc) is 2.98. The zero-order chi connectivity index (χ0) is 10.4. The Hall–Kier alpha value is -0.850. The number of ketones is 1. The largest absolute Gasteiger partial charge is 0.299 e. The highest BCUT2D eigenvalue weighted by atomic mass is 16.1. The van der Waals surface area contributed by atoms with Crippen molar-refractivity contribution >= 4 is 5.78 Å². The lowest BCUT2D eigenvalue weighted by Crippen LogP contribution is -2.24. The van der Waals surface area contributed by atoms with Crippen LogP contribution in [0.15, 0.2) is 24.3 Å². The van der Waals surface area contributed by atoms with Crippen molar-refractivity contribution in [3.05, 3.63) is 24.3 Å². The topological polar surface area (TPSA) is 17.1 Å². The van der Waals surface area contributed by atoms with Gasteiger partial charge in [-0.05, 0) is 48.3 Å². The quantitative estimate of drug-likeness (QED) is 0.564. The maximum Gasteiger partial charge on any atom is 0.140 e. The summed E-state index contributed by atoms with van der Waals surface area (Å²) in [5.41, 5.74) is 0. The first-order chi connectivity index (χ1) is 7.84. The van der Waals surface area contributed by atoms with Crippen molar-refractivity contribution in [2.45, 2.75) is 12.8 Å². The number of Topliss-reactive ketones (excluding diaryl/α,β-unsaturated/α-hetero) is 1. The van der Waals surface area contributed by atoms with Crippen molar-refractivity contribution in [2.75, 3.05) is 0 Å². The van der Waals surface area contributed by atoms with Crippen molar-refractivity contribution in [1.29, 1.82) is 0 Å². The summed E-state index contributed by atoms with van der Waals surface area (Å²) in [6.07, 6.45) is 12.1. The molecule has 5 aliphatic carbocycles. The maximum atomic E-state index is 12.6. The minimum Gasteiger partial charge on any atom is -0.299 e. The lowest BCUT2D eigenvalue weighted by Gasteiger charge is -2.28. The molecule has 0 amide bonds. The molecule has 3 saturated carbocycles. The van der Waals surface area contributed by atoms with E-state index in [4.69, 9.17) is 0 Å². The second-order valence-corrected chi connectivity index (χ2v) is 6.51. The molecule has 5 aliphatic rings. The molecule has 1 heteroatoms. The van der Waals surface area contributed by atoms with Gasteiger partial charge in [-0.2, -0.15) is 0 Å². The van der Waals surface area contributed by atoms with Gasteiger partial charge in [0, 0.05) is 11.8 Å². The number of rotatable bonds is 0. The molecule has 0 aromatic heterocycles. The molecule has 8 unspecified atom stereocenters. The van der Waals surface area contributed by atoms with Crippen LogP contribution in [0.3, 0.4) is 0 Å². The molecule has 4 bridgehead atoms. The predicted molar refractivity (Wildman–Crippen MR) is 60.4 cm³/mol. The molecular formula is C15H16O. The zero-order valence-corrected chi connectivity index (χ0v) is 9.25. The Bertz CT molecular complexity index is 406. The van der Waals surface area contributed by atoms with Crippen molar-refractivity contribution in [3.63, 3.8) is 0 Å². The molecular weight excluding hydrogens is 196 g/mol. The Kier molecular flexibility index (Phi) is 1.22. The summed E-state index contributed by atoms with van der Waals surface area (Å²) in [5.74, 6) is 5.69. The molecule has 5 rings (SSSR count). The second-order valence-electron chi connectivity index (χ2n) is 6.51. The van der Waals surface area contributed by atoms with Gasteiger partial charge in [-0.15, -0.1) is 0 Å².